The minimum Gasteiger partial charge on any atom is -0.494 e. The van der Waals surface area contributed by atoms with Crippen molar-refractivity contribution in [3.05, 3.63) is 78.1 Å². The van der Waals surface area contributed by atoms with E-state index < -0.39 is 29.7 Å². The number of anilines is 1. The molecule has 5 aromatic rings. The molecule has 1 aliphatic rings. The van der Waals surface area contributed by atoms with Crippen molar-refractivity contribution in [2.24, 2.45) is 0 Å². The Kier molecular flexibility index (Phi) is 5.74. The first-order valence-corrected chi connectivity index (χ1v) is 11.8. The largest absolute Gasteiger partial charge is 0.494 e. The van der Waals surface area contributed by atoms with E-state index in [1.807, 2.05) is 0 Å². The third-order valence-electron chi connectivity index (χ3n) is 6.80. The zero-order valence-electron chi connectivity index (χ0n) is 20.6. The number of pyridine rings is 1. The molecule has 5 heterocycles. The third kappa shape index (κ3) is 4.04. The molecule has 5 aromatic heterocycles. The van der Waals surface area contributed by atoms with E-state index in [0.29, 0.717) is 44.6 Å². The molecule has 39 heavy (non-hydrogen) atoms. The van der Waals surface area contributed by atoms with Crippen molar-refractivity contribution in [1.82, 2.24) is 39.3 Å². The van der Waals surface area contributed by atoms with Crippen molar-refractivity contribution in [1.29, 1.82) is 0 Å². The predicted molar refractivity (Wildman–Crippen MR) is 131 cm³/mol. The minimum absolute atomic E-state index is 0.150. The van der Waals surface area contributed by atoms with Crippen molar-refractivity contribution in [2.75, 3.05) is 12.4 Å². The maximum Gasteiger partial charge on any atom is 0.333 e. The number of carbonyl (C=O) groups excluding carboxylic acids is 1. The van der Waals surface area contributed by atoms with Crippen LogP contribution in [-0.2, 0) is 10.2 Å². The molecule has 0 unspecified atom stereocenters. The SMILES string of the molecule is COc1cc(NC(=O)[C@@H]2C[C@](C)(c3ccn(C(F)F)n3)c3c2cnc2cc(F)nn32)cnc1-c1ncccn1. The van der Waals surface area contributed by atoms with Crippen LogP contribution in [-0.4, -0.2) is 52.3 Å². The predicted octanol–water partition coefficient (Wildman–Crippen LogP) is 3.75. The van der Waals surface area contributed by atoms with Gasteiger partial charge in [-0.05, 0) is 25.5 Å². The smallest absolute Gasteiger partial charge is 0.333 e. The van der Waals surface area contributed by atoms with Gasteiger partial charge < -0.3 is 10.1 Å². The van der Waals surface area contributed by atoms with E-state index in [1.165, 1.54) is 30.1 Å². The lowest BCUT2D eigenvalue weighted by Crippen LogP contribution is -2.26. The normalized spacial score (nSPS) is 18.5. The number of ether oxygens (including phenoxy) is 1. The Balaban J connectivity index is 1.38. The van der Waals surface area contributed by atoms with Gasteiger partial charge in [0.2, 0.25) is 11.9 Å². The van der Waals surface area contributed by atoms with Crippen molar-refractivity contribution in [3.63, 3.8) is 0 Å². The molecule has 0 spiro atoms. The number of nitrogens with zero attached hydrogens (tertiary/aromatic N) is 8. The van der Waals surface area contributed by atoms with E-state index in [1.54, 1.807) is 31.5 Å². The summed E-state index contributed by atoms with van der Waals surface area (Å²) in [6, 6.07) is 5.89. The number of rotatable bonds is 6. The molecule has 0 aliphatic heterocycles. The Hall–Kier alpha value is -4.88. The zero-order valence-corrected chi connectivity index (χ0v) is 20.6. The van der Waals surface area contributed by atoms with Crippen molar-refractivity contribution in [2.45, 2.75) is 31.2 Å². The molecular formula is C25H20F3N9O2. The summed E-state index contributed by atoms with van der Waals surface area (Å²) < 4.78 is 48.1. The zero-order chi connectivity index (χ0) is 27.3. The van der Waals surface area contributed by atoms with Crippen LogP contribution < -0.4 is 10.1 Å². The van der Waals surface area contributed by atoms with Gasteiger partial charge in [0.1, 0.15) is 11.4 Å². The van der Waals surface area contributed by atoms with E-state index in [2.05, 4.69) is 35.5 Å². The highest BCUT2D eigenvalue weighted by Gasteiger charge is 2.48. The van der Waals surface area contributed by atoms with Crippen LogP contribution in [0.4, 0.5) is 18.9 Å². The van der Waals surface area contributed by atoms with Crippen molar-refractivity contribution < 1.29 is 22.7 Å². The van der Waals surface area contributed by atoms with Crippen LogP contribution in [0.5, 0.6) is 5.75 Å². The Bertz CT molecular complexity index is 1710. The summed E-state index contributed by atoms with van der Waals surface area (Å²) >= 11 is 0. The Morgan fingerprint density at radius 1 is 1.15 bits per heavy atom. The molecule has 1 N–H and O–H groups in total. The minimum atomic E-state index is -2.84. The highest BCUT2D eigenvalue weighted by Crippen LogP contribution is 2.49. The molecule has 11 nitrogen and oxygen atoms in total. The molecular weight excluding hydrogens is 515 g/mol. The first-order valence-electron chi connectivity index (χ1n) is 11.8. The highest BCUT2D eigenvalue weighted by molar-refractivity contribution is 5.97. The summed E-state index contributed by atoms with van der Waals surface area (Å²) in [6.07, 6.45) is 7.41. The number of alkyl halides is 2. The van der Waals surface area contributed by atoms with Crippen LogP contribution in [0.2, 0.25) is 0 Å². The summed E-state index contributed by atoms with van der Waals surface area (Å²) in [5.74, 6) is -1.24. The average Bonchev–Trinajstić information content (AvgIpc) is 3.65. The lowest BCUT2D eigenvalue weighted by Gasteiger charge is -2.23. The lowest BCUT2D eigenvalue weighted by molar-refractivity contribution is -0.117. The molecule has 0 saturated heterocycles. The molecule has 0 saturated carbocycles. The topological polar surface area (TPSA) is 125 Å². The summed E-state index contributed by atoms with van der Waals surface area (Å²) in [4.78, 5) is 30.6. The number of halogens is 3. The fourth-order valence-corrected chi connectivity index (χ4v) is 5.03. The molecule has 198 valence electrons. The first-order chi connectivity index (χ1) is 18.8. The summed E-state index contributed by atoms with van der Waals surface area (Å²) in [5, 5.41) is 10.8. The van der Waals surface area contributed by atoms with E-state index in [9.17, 15) is 18.0 Å². The molecule has 0 radical (unpaired) electrons. The standard InChI is InChI=1S/C25H20F3N9O2/c1-25(17-4-7-36(34-17)24(27)28)10-14(15-12-31-19-9-18(26)35-37(19)21(15)25)23(38)33-13-8-16(39-2)20(32-11-13)22-29-5-3-6-30-22/h3-9,11-12,14,24H,10H2,1-2H3,(H,33,38)/t14-,25-/m1/s1. The van der Waals surface area contributed by atoms with Crippen LogP contribution in [0.25, 0.3) is 17.2 Å². The maximum absolute atomic E-state index is 14.1. The second-order valence-electron chi connectivity index (χ2n) is 9.18. The number of hydrogen-bond acceptors (Lipinski definition) is 8. The van der Waals surface area contributed by atoms with E-state index in [0.717, 1.165) is 12.3 Å². The van der Waals surface area contributed by atoms with Gasteiger partial charge in [0.25, 0.3) is 0 Å². The number of nitrogens with one attached hydrogen (secondary N) is 1. The fourth-order valence-electron chi connectivity index (χ4n) is 5.03. The van der Waals surface area contributed by atoms with Gasteiger partial charge in [0, 0.05) is 42.5 Å². The number of carbonyl (C=O) groups is 1. The molecule has 0 fully saturated rings. The maximum atomic E-state index is 14.1. The Morgan fingerprint density at radius 2 is 1.95 bits per heavy atom. The monoisotopic (exact) mass is 535 g/mol. The molecule has 2 atom stereocenters. The van der Waals surface area contributed by atoms with Crippen molar-refractivity contribution in [3.8, 4) is 17.3 Å². The van der Waals surface area contributed by atoms with Gasteiger partial charge in [-0.25, -0.2) is 29.1 Å². The van der Waals surface area contributed by atoms with E-state index in [4.69, 9.17) is 4.74 Å². The Morgan fingerprint density at radius 3 is 2.67 bits per heavy atom. The lowest BCUT2D eigenvalue weighted by atomic mass is 9.82. The molecule has 0 aromatic carbocycles. The van der Waals surface area contributed by atoms with E-state index in [-0.39, 0.29) is 12.1 Å². The van der Waals surface area contributed by atoms with Crippen LogP contribution in [0.3, 0.4) is 0 Å². The summed E-state index contributed by atoms with van der Waals surface area (Å²) in [5.41, 5.74) is 1.14. The molecule has 1 aliphatic carbocycles. The first kappa shape index (κ1) is 24.5. The van der Waals surface area contributed by atoms with Gasteiger partial charge in [0.15, 0.2) is 11.5 Å². The number of hydrogen-bond donors (Lipinski definition) is 1. The highest BCUT2D eigenvalue weighted by atomic mass is 19.3. The van der Waals surface area contributed by atoms with Gasteiger partial charge >= 0.3 is 6.55 Å². The van der Waals surface area contributed by atoms with Gasteiger partial charge in [-0.3, -0.25) is 4.79 Å². The average molecular weight is 535 g/mol. The van der Waals surface area contributed by atoms with Crippen LogP contribution in [0.1, 0.15) is 42.8 Å². The molecule has 0 bridgehead atoms. The molecule has 1 amide bonds. The second-order valence-corrected chi connectivity index (χ2v) is 9.18. The third-order valence-corrected chi connectivity index (χ3v) is 6.80. The van der Waals surface area contributed by atoms with Gasteiger partial charge in [-0.2, -0.15) is 18.3 Å². The number of fused-ring (bicyclic) bond motifs is 3. The van der Waals surface area contributed by atoms with E-state index >= 15 is 0 Å². The van der Waals surface area contributed by atoms with Crippen LogP contribution >= 0.6 is 0 Å². The Labute approximate surface area is 218 Å². The summed E-state index contributed by atoms with van der Waals surface area (Å²) in [7, 11) is 1.46. The summed E-state index contributed by atoms with van der Waals surface area (Å²) in [6.45, 7) is -1.08. The van der Waals surface area contributed by atoms with Crippen LogP contribution in [0, 0.1) is 5.95 Å². The van der Waals surface area contributed by atoms with Crippen molar-refractivity contribution >= 4 is 17.2 Å². The van der Waals surface area contributed by atoms with Gasteiger partial charge in [-0.1, -0.05) is 0 Å². The molecule has 14 heteroatoms. The second kappa shape index (κ2) is 9.15. The fraction of sp³-hybridized carbons (Fsp3) is 0.240. The number of amides is 1. The number of methoxy groups -OCH3 is 1. The quantitative estimate of drug-likeness (QED) is 0.349. The van der Waals surface area contributed by atoms with Gasteiger partial charge in [-0.15, -0.1) is 5.10 Å². The molecule has 6 rings (SSSR count). The van der Waals surface area contributed by atoms with Crippen LogP contribution in [0.15, 0.2) is 55.2 Å². The number of aromatic nitrogens is 8. The van der Waals surface area contributed by atoms with Gasteiger partial charge in [0.05, 0.1) is 41.7 Å².